The number of nitrogens with zero attached hydrogens (tertiary/aromatic N) is 1. The molecule has 0 aromatic rings. The Morgan fingerprint density at radius 2 is 2.27 bits per heavy atom. The second-order valence-electron chi connectivity index (χ2n) is 4.80. The highest BCUT2D eigenvalue weighted by Crippen LogP contribution is 2.16. The summed E-state index contributed by atoms with van der Waals surface area (Å²) in [5.41, 5.74) is -0.660. The third-order valence-electron chi connectivity index (χ3n) is 1.93. The number of carbonyl (C=O) groups is 2. The second kappa shape index (κ2) is 4.21. The first-order valence-electron chi connectivity index (χ1n) is 6.48. The molecule has 1 aliphatic heterocycles. The predicted molar refractivity (Wildman–Crippen MR) is 56.6 cm³/mol. The summed E-state index contributed by atoms with van der Waals surface area (Å²) >= 11 is 0. The van der Waals surface area contributed by atoms with Crippen molar-refractivity contribution in [1.29, 1.82) is 0 Å². The lowest BCUT2D eigenvalue weighted by atomic mass is 10.00. The average molecular weight is 216 g/mol. The highest BCUT2D eigenvalue weighted by molar-refractivity contribution is 5.85. The van der Waals surface area contributed by atoms with Crippen LogP contribution in [-0.2, 0) is 9.53 Å². The van der Waals surface area contributed by atoms with Crippen LogP contribution in [0.2, 0.25) is 0 Å². The Bertz CT molecular complexity index is 346. The van der Waals surface area contributed by atoms with Crippen LogP contribution >= 0.6 is 0 Å². The van der Waals surface area contributed by atoms with Crippen LogP contribution in [0.4, 0.5) is 4.79 Å². The van der Waals surface area contributed by atoms with E-state index in [9.17, 15) is 9.59 Å². The lowest BCUT2D eigenvalue weighted by Crippen LogP contribution is -2.45. The first-order valence-corrected chi connectivity index (χ1v) is 4.98. The van der Waals surface area contributed by atoms with E-state index < -0.39 is 24.5 Å². The number of rotatable bonds is 0. The molecule has 0 aromatic carbocycles. The van der Waals surface area contributed by atoms with Gasteiger partial charge in [-0.2, -0.15) is 0 Å². The summed E-state index contributed by atoms with van der Waals surface area (Å²) in [5, 5.41) is 0. The molecule has 1 heterocycles. The van der Waals surface area contributed by atoms with E-state index >= 15 is 0 Å². The van der Waals surface area contributed by atoms with Gasteiger partial charge >= 0.3 is 6.09 Å². The van der Waals surface area contributed by atoms with Gasteiger partial charge in [0.15, 0.2) is 5.78 Å². The minimum Gasteiger partial charge on any atom is -0.444 e. The molecule has 0 radical (unpaired) electrons. The van der Waals surface area contributed by atoms with Gasteiger partial charge in [-0.15, -0.1) is 0 Å². The van der Waals surface area contributed by atoms with Gasteiger partial charge in [-0.25, -0.2) is 4.79 Å². The molecule has 1 fully saturated rings. The molecule has 1 saturated heterocycles. The van der Waals surface area contributed by atoms with Crippen molar-refractivity contribution in [2.75, 3.05) is 13.1 Å². The van der Waals surface area contributed by atoms with Crippen LogP contribution in [0.5, 0.6) is 0 Å². The van der Waals surface area contributed by atoms with Crippen molar-refractivity contribution >= 4 is 11.9 Å². The number of likely N-dealkylation sites (tertiary alicyclic amines) is 1. The zero-order valence-corrected chi connectivity index (χ0v) is 9.37. The highest BCUT2D eigenvalue weighted by atomic mass is 16.6. The molecule has 1 rings (SSSR count). The summed E-state index contributed by atoms with van der Waals surface area (Å²) < 4.78 is 27.1. The van der Waals surface area contributed by atoms with Crippen LogP contribution in [0.3, 0.4) is 0 Å². The predicted octanol–water partition coefficient (Wildman–Crippen LogP) is 1.83. The standard InChI is InChI=1S/C11H19NO3/c1-8-5-9(13)7-12(6-8)10(14)15-11(2,3)4/h8H,5-7H2,1-4H3/t8-/m1/s1/i1D3. The van der Waals surface area contributed by atoms with Crippen molar-refractivity contribution < 1.29 is 18.4 Å². The Morgan fingerprint density at radius 3 is 2.80 bits per heavy atom. The minimum absolute atomic E-state index is 0.00417. The highest BCUT2D eigenvalue weighted by Gasteiger charge is 2.29. The molecule has 0 N–H and O–H groups in total. The van der Waals surface area contributed by atoms with E-state index in [0.29, 0.717) is 0 Å². The zero-order valence-electron chi connectivity index (χ0n) is 12.4. The largest absolute Gasteiger partial charge is 0.444 e. The van der Waals surface area contributed by atoms with E-state index in [4.69, 9.17) is 8.85 Å². The Balaban J connectivity index is 2.72. The first kappa shape index (κ1) is 8.13. The molecule has 0 spiro atoms. The van der Waals surface area contributed by atoms with E-state index in [1.165, 1.54) is 4.90 Å². The number of hydrogen-bond acceptors (Lipinski definition) is 3. The summed E-state index contributed by atoms with van der Waals surface area (Å²) in [4.78, 5) is 24.5. The topological polar surface area (TPSA) is 46.6 Å². The lowest BCUT2D eigenvalue weighted by molar-refractivity contribution is -0.123. The maximum Gasteiger partial charge on any atom is 0.410 e. The molecule has 15 heavy (non-hydrogen) atoms. The van der Waals surface area contributed by atoms with Gasteiger partial charge in [0.05, 0.1) is 6.54 Å². The van der Waals surface area contributed by atoms with Crippen molar-refractivity contribution in [3.8, 4) is 0 Å². The summed E-state index contributed by atoms with van der Waals surface area (Å²) in [7, 11) is 0. The Labute approximate surface area is 94.8 Å². The van der Waals surface area contributed by atoms with Crippen molar-refractivity contribution in [2.45, 2.75) is 39.6 Å². The maximum atomic E-state index is 11.8. The molecule has 1 aliphatic rings. The van der Waals surface area contributed by atoms with Crippen molar-refractivity contribution in [2.24, 2.45) is 5.92 Å². The van der Waals surface area contributed by atoms with Gasteiger partial charge < -0.3 is 9.64 Å². The van der Waals surface area contributed by atoms with Gasteiger partial charge in [-0.3, -0.25) is 4.79 Å². The monoisotopic (exact) mass is 216 g/mol. The van der Waals surface area contributed by atoms with Gasteiger partial charge in [-0.05, 0) is 26.7 Å². The Kier molecular flexibility index (Phi) is 2.28. The van der Waals surface area contributed by atoms with Crippen LogP contribution in [0.1, 0.15) is 38.2 Å². The number of amides is 1. The fourth-order valence-electron chi connectivity index (χ4n) is 1.41. The summed E-state index contributed by atoms with van der Waals surface area (Å²) in [6.07, 6.45) is -0.639. The zero-order chi connectivity index (χ0) is 14.1. The summed E-state index contributed by atoms with van der Waals surface area (Å²) in [6.45, 7) is 2.91. The molecular formula is C11H19NO3. The van der Waals surface area contributed by atoms with Crippen LogP contribution < -0.4 is 0 Å². The maximum absolute atomic E-state index is 11.8. The number of ether oxygens (including phenoxy) is 1. The van der Waals surface area contributed by atoms with E-state index in [0.717, 1.165) is 0 Å². The molecule has 0 bridgehead atoms. The third-order valence-corrected chi connectivity index (χ3v) is 1.93. The molecule has 0 unspecified atom stereocenters. The number of piperidine rings is 1. The molecule has 1 atom stereocenters. The summed E-state index contributed by atoms with van der Waals surface area (Å²) in [5.74, 6) is -1.04. The van der Waals surface area contributed by atoms with E-state index in [1.54, 1.807) is 20.8 Å². The molecule has 86 valence electrons. The van der Waals surface area contributed by atoms with Crippen molar-refractivity contribution in [3.05, 3.63) is 0 Å². The Morgan fingerprint density at radius 1 is 1.60 bits per heavy atom. The van der Waals surface area contributed by atoms with Gasteiger partial charge in [0.25, 0.3) is 0 Å². The molecule has 1 amide bonds. The normalized spacial score (nSPS) is 26.6. The SMILES string of the molecule is [2H]C([2H])([2H])[C@@H]1CC(=O)CN(C(=O)OC(C)(C)C)C1. The molecule has 0 aliphatic carbocycles. The van der Waals surface area contributed by atoms with Gasteiger partial charge in [0.1, 0.15) is 5.60 Å². The fraction of sp³-hybridized carbons (Fsp3) is 0.818. The van der Waals surface area contributed by atoms with E-state index in [1.807, 2.05) is 0 Å². The quantitative estimate of drug-likeness (QED) is 0.620. The van der Waals surface area contributed by atoms with E-state index in [-0.39, 0.29) is 25.3 Å². The minimum atomic E-state index is -2.23. The lowest BCUT2D eigenvalue weighted by Gasteiger charge is -2.31. The second-order valence-corrected chi connectivity index (χ2v) is 4.80. The van der Waals surface area contributed by atoms with Crippen LogP contribution in [0.25, 0.3) is 0 Å². The van der Waals surface area contributed by atoms with Crippen molar-refractivity contribution in [3.63, 3.8) is 0 Å². The molecular weight excluding hydrogens is 194 g/mol. The number of carbonyl (C=O) groups excluding carboxylic acids is 2. The van der Waals surface area contributed by atoms with Crippen LogP contribution in [-0.4, -0.2) is 35.5 Å². The Hall–Kier alpha value is -1.06. The van der Waals surface area contributed by atoms with Crippen LogP contribution in [0, 0.1) is 5.92 Å². The smallest absolute Gasteiger partial charge is 0.410 e. The molecule has 4 heteroatoms. The van der Waals surface area contributed by atoms with Gasteiger partial charge in [0, 0.05) is 17.1 Å². The number of ketones is 1. The van der Waals surface area contributed by atoms with Gasteiger partial charge in [0.2, 0.25) is 0 Å². The number of hydrogen-bond donors (Lipinski definition) is 0. The fourth-order valence-corrected chi connectivity index (χ4v) is 1.41. The molecule has 0 saturated carbocycles. The van der Waals surface area contributed by atoms with Gasteiger partial charge in [-0.1, -0.05) is 6.85 Å². The number of Topliss-reactive ketones (excluding diaryl/α,β-unsaturated/α-hetero) is 1. The first-order chi connectivity index (χ1) is 7.99. The average Bonchev–Trinajstić information content (AvgIpc) is 2.12. The third kappa shape index (κ3) is 3.90. The molecule has 0 aromatic heterocycles. The van der Waals surface area contributed by atoms with Crippen LogP contribution in [0.15, 0.2) is 0 Å². The van der Waals surface area contributed by atoms with Crippen molar-refractivity contribution in [1.82, 2.24) is 4.90 Å². The summed E-state index contributed by atoms with van der Waals surface area (Å²) in [6, 6.07) is 0. The molecule has 4 nitrogen and oxygen atoms in total. The van der Waals surface area contributed by atoms with E-state index in [2.05, 4.69) is 0 Å².